The van der Waals surface area contributed by atoms with E-state index in [4.69, 9.17) is 18.7 Å². The van der Waals surface area contributed by atoms with Crippen LogP contribution in [0.2, 0.25) is 0 Å². The van der Waals surface area contributed by atoms with Crippen LogP contribution in [-0.4, -0.2) is 44.5 Å². The van der Waals surface area contributed by atoms with Crippen LogP contribution < -0.4 is 10.1 Å². The van der Waals surface area contributed by atoms with Gasteiger partial charge in [0.1, 0.15) is 18.1 Å². The Kier molecular flexibility index (Phi) is 6.97. The normalized spacial score (nSPS) is 10.9. The second kappa shape index (κ2) is 9.19. The fourth-order valence-electron chi connectivity index (χ4n) is 2.39. The quantitative estimate of drug-likeness (QED) is 0.748. The van der Waals surface area contributed by atoms with Crippen LogP contribution in [0, 0.1) is 13.8 Å². The van der Waals surface area contributed by atoms with E-state index in [9.17, 15) is 4.79 Å². The maximum atomic E-state index is 12.4. The molecule has 0 aliphatic rings. The molecular weight excluding hydrogens is 324 g/mol. The van der Waals surface area contributed by atoms with Gasteiger partial charge in [0.25, 0.3) is 5.91 Å². The summed E-state index contributed by atoms with van der Waals surface area (Å²) in [5.74, 6) is 1.12. The molecule has 0 saturated carbocycles. The van der Waals surface area contributed by atoms with Crippen molar-refractivity contribution in [1.29, 1.82) is 0 Å². The van der Waals surface area contributed by atoms with Gasteiger partial charge >= 0.3 is 0 Å². The molecule has 0 atom stereocenters. The molecule has 0 saturated heterocycles. The Labute approximate surface area is 147 Å². The third-order valence-electron chi connectivity index (χ3n) is 3.73. The fraction of sp³-hybridized carbons (Fsp3) is 0.444. The van der Waals surface area contributed by atoms with Gasteiger partial charge in [0.15, 0.2) is 0 Å². The first kappa shape index (κ1) is 19.0. The minimum Gasteiger partial charge on any atom is -0.489 e. The van der Waals surface area contributed by atoms with E-state index in [1.807, 2.05) is 13.8 Å². The molecule has 1 aromatic heterocycles. The number of amides is 1. The molecule has 25 heavy (non-hydrogen) atoms. The van der Waals surface area contributed by atoms with Crippen molar-refractivity contribution in [2.75, 3.05) is 27.4 Å². The van der Waals surface area contributed by atoms with Crippen molar-refractivity contribution < 1.29 is 23.5 Å². The highest BCUT2D eigenvalue weighted by molar-refractivity contribution is 5.94. The molecule has 1 amide bonds. The second-order valence-electron chi connectivity index (χ2n) is 5.70. The van der Waals surface area contributed by atoms with Crippen molar-refractivity contribution >= 4 is 5.91 Å². The van der Waals surface area contributed by atoms with Crippen LogP contribution in [0.5, 0.6) is 5.75 Å². The average molecular weight is 348 g/mol. The number of aryl methyl sites for hydroxylation is 2. The van der Waals surface area contributed by atoms with Crippen molar-refractivity contribution in [3.05, 3.63) is 46.8 Å². The number of rotatable bonds is 9. The molecule has 2 rings (SSSR count). The number of nitrogens with one attached hydrogen (secondary N) is 1. The smallest absolute Gasteiger partial charge is 0.251 e. The molecule has 0 aliphatic heterocycles. The van der Waals surface area contributed by atoms with E-state index < -0.39 is 0 Å². The van der Waals surface area contributed by atoms with Gasteiger partial charge in [-0.3, -0.25) is 4.79 Å². The number of benzene rings is 1. The molecule has 0 fully saturated rings. The van der Waals surface area contributed by atoms with Crippen molar-refractivity contribution in [2.24, 2.45) is 0 Å². The first-order valence-corrected chi connectivity index (χ1v) is 7.98. The summed E-state index contributed by atoms with van der Waals surface area (Å²) >= 11 is 0. The van der Waals surface area contributed by atoms with Crippen LogP contribution in [0.4, 0.5) is 0 Å². The molecule has 0 unspecified atom stereocenters. The SMILES string of the molecule is COCC(COC)NC(=O)c1cccc(OCc2c(C)noc2C)c1. The summed E-state index contributed by atoms with van der Waals surface area (Å²) in [4.78, 5) is 12.4. The van der Waals surface area contributed by atoms with Gasteiger partial charge in [-0.2, -0.15) is 0 Å². The summed E-state index contributed by atoms with van der Waals surface area (Å²) < 4.78 is 21.1. The van der Waals surface area contributed by atoms with E-state index in [1.54, 1.807) is 38.5 Å². The number of hydrogen-bond donors (Lipinski definition) is 1. The van der Waals surface area contributed by atoms with Crippen LogP contribution in [0.15, 0.2) is 28.8 Å². The summed E-state index contributed by atoms with van der Waals surface area (Å²) in [6.07, 6.45) is 0. The van der Waals surface area contributed by atoms with E-state index >= 15 is 0 Å². The van der Waals surface area contributed by atoms with Gasteiger partial charge in [-0.05, 0) is 32.0 Å². The molecule has 1 heterocycles. The Balaban J connectivity index is 2.01. The Morgan fingerprint density at radius 2 is 1.96 bits per heavy atom. The molecule has 7 heteroatoms. The Morgan fingerprint density at radius 3 is 2.56 bits per heavy atom. The molecule has 1 N–H and O–H groups in total. The van der Waals surface area contributed by atoms with Crippen molar-refractivity contribution in [3.8, 4) is 5.75 Å². The van der Waals surface area contributed by atoms with E-state index in [2.05, 4.69) is 10.5 Å². The average Bonchev–Trinajstić information content (AvgIpc) is 2.92. The summed E-state index contributed by atoms with van der Waals surface area (Å²) in [5, 5.41) is 6.78. The van der Waals surface area contributed by atoms with Gasteiger partial charge in [-0.15, -0.1) is 0 Å². The largest absolute Gasteiger partial charge is 0.489 e. The van der Waals surface area contributed by atoms with Gasteiger partial charge in [0.05, 0.1) is 30.5 Å². The zero-order chi connectivity index (χ0) is 18.2. The predicted molar refractivity (Wildman–Crippen MR) is 91.8 cm³/mol. The monoisotopic (exact) mass is 348 g/mol. The second-order valence-corrected chi connectivity index (χ2v) is 5.70. The number of aromatic nitrogens is 1. The minimum atomic E-state index is -0.214. The lowest BCUT2D eigenvalue weighted by Crippen LogP contribution is -2.41. The minimum absolute atomic E-state index is 0.207. The summed E-state index contributed by atoms with van der Waals surface area (Å²) in [5.41, 5.74) is 2.22. The third-order valence-corrected chi connectivity index (χ3v) is 3.73. The highest BCUT2D eigenvalue weighted by Crippen LogP contribution is 2.18. The Hall–Kier alpha value is -2.38. The molecular formula is C18H24N2O5. The van der Waals surface area contributed by atoms with Crippen molar-refractivity contribution in [1.82, 2.24) is 10.5 Å². The fourth-order valence-corrected chi connectivity index (χ4v) is 2.39. The first-order valence-electron chi connectivity index (χ1n) is 7.98. The molecule has 1 aromatic carbocycles. The first-order chi connectivity index (χ1) is 12.0. The van der Waals surface area contributed by atoms with Gasteiger partial charge in [0.2, 0.25) is 0 Å². The highest BCUT2D eigenvalue weighted by atomic mass is 16.5. The van der Waals surface area contributed by atoms with E-state index in [0.29, 0.717) is 31.1 Å². The van der Waals surface area contributed by atoms with E-state index in [0.717, 1.165) is 17.0 Å². The lowest BCUT2D eigenvalue weighted by atomic mass is 10.2. The number of hydrogen-bond acceptors (Lipinski definition) is 6. The lowest BCUT2D eigenvalue weighted by Gasteiger charge is -2.17. The number of carbonyl (C=O) groups is 1. The lowest BCUT2D eigenvalue weighted by molar-refractivity contribution is 0.0779. The number of ether oxygens (including phenoxy) is 3. The van der Waals surface area contributed by atoms with E-state index in [-0.39, 0.29) is 11.9 Å². The number of carbonyl (C=O) groups excluding carboxylic acids is 1. The molecule has 0 aliphatic carbocycles. The van der Waals surface area contributed by atoms with Crippen LogP contribution in [0.3, 0.4) is 0 Å². The third kappa shape index (κ3) is 5.30. The zero-order valence-electron chi connectivity index (χ0n) is 15.0. The number of nitrogens with zero attached hydrogens (tertiary/aromatic N) is 1. The summed E-state index contributed by atoms with van der Waals surface area (Å²) in [7, 11) is 3.16. The maximum Gasteiger partial charge on any atom is 0.251 e. The Bertz CT molecular complexity index is 673. The molecule has 0 bridgehead atoms. The Morgan fingerprint density at radius 1 is 1.24 bits per heavy atom. The van der Waals surface area contributed by atoms with Gasteiger partial charge in [-0.25, -0.2) is 0 Å². The maximum absolute atomic E-state index is 12.4. The van der Waals surface area contributed by atoms with Crippen LogP contribution >= 0.6 is 0 Å². The standard InChI is InChI=1S/C18H24N2O5/c1-12-17(13(2)25-20-12)11-24-16-7-5-6-14(8-16)18(21)19-15(9-22-3)10-23-4/h5-8,15H,9-11H2,1-4H3,(H,19,21). The van der Waals surface area contributed by atoms with Gasteiger partial charge in [0, 0.05) is 19.8 Å². The van der Waals surface area contributed by atoms with Crippen molar-refractivity contribution in [2.45, 2.75) is 26.5 Å². The summed E-state index contributed by atoms with van der Waals surface area (Å²) in [6.45, 7) is 4.80. The zero-order valence-corrected chi connectivity index (χ0v) is 15.0. The molecule has 136 valence electrons. The van der Waals surface area contributed by atoms with Crippen LogP contribution in [0.1, 0.15) is 27.4 Å². The predicted octanol–water partition coefficient (Wildman–Crippen LogP) is 2.26. The summed E-state index contributed by atoms with van der Waals surface area (Å²) in [6, 6.07) is 6.80. The molecule has 0 radical (unpaired) electrons. The molecule has 7 nitrogen and oxygen atoms in total. The number of methoxy groups -OCH3 is 2. The highest BCUT2D eigenvalue weighted by Gasteiger charge is 2.15. The molecule has 0 spiro atoms. The molecule has 2 aromatic rings. The van der Waals surface area contributed by atoms with Crippen LogP contribution in [0.25, 0.3) is 0 Å². The van der Waals surface area contributed by atoms with Gasteiger partial charge < -0.3 is 24.1 Å². The van der Waals surface area contributed by atoms with E-state index in [1.165, 1.54) is 0 Å². The van der Waals surface area contributed by atoms with Crippen molar-refractivity contribution in [3.63, 3.8) is 0 Å². The van der Waals surface area contributed by atoms with Gasteiger partial charge in [-0.1, -0.05) is 11.2 Å². The van der Waals surface area contributed by atoms with Crippen LogP contribution in [-0.2, 0) is 16.1 Å². The topological polar surface area (TPSA) is 82.8 Å².